The summed E-state index contributed by atoms with van der Waals surface area (Å²) >= 11 is 0. The van der Waals surface area contributed by atoms with Crippen LogP contribution in [0.25, 0.3) is 0 Å². The zero-order valence-electron chi connectivity index (χ0n) is 7.82. The third-order valence-electron chi connectivity index (χ3n) is 1.79. The highest BCUT2D eigenvalue weighted by atomic mass is 32.2. The molecule has 0 radical (unpaired) electrons. The highest BCUT2D eigenvalue weighted by Crippen LogP contribution is 2.14. The molecule has 3 nitrogen and oxygen atoms in total. The largest absolute Gasteiger partial charge is 0.263 e. The Morgan fingerprint density at radius 2 is 2.15 bits per heavy atom. The average Bonchev–Trinajstić information content (AvgIpc) is 2.04. The monoisotopic (exact) mass is 199 g/mol. The summed E-state index contributed by atoms with van der Waals surface area (Å²) in [6.07, 6.45) is 5.97. The van der Waals surface area contributed by atoms with E-state index in [1.54, 1.807) is 12.3 Å². The minimum Gasteiger partial charge on any atom is -0.263 e. The van der Waals surface area contributed by atoms with E-state index in [0.717, 1.165) is 18.4 Å². The summed E-state index contributed by atoms with van der Waals surface area (Å²) in [6, 6.07) is 1.76. The van der Waals surface area contributed by atoms with E-state index in [-0.39, 0.29) is 0 Å². The summed E-state index contributed by atoms with van der Waals surface area (Å²) in [5.74, 6) is 0. The number of nitrogens with zero attached hydrogens (tertiary/aromatic N) is 1. The minimum absolute atomic E-state index is 0.358. The van der Waals surface area contributed by atoms with Crippen LogP contribution in [0.15, 0.2) is 23.4 Å². The van der Waals surface area contributed by atoms with Crippen LogP contribution in [-0.2, 0) is 16.3 Å². The molecule has 0 aliphatic carbocycles. The maximum Gasteiger partial charge on any atom is 0.177 e. The van der Waals surface area contributed by atoms with E-state index in [4.69, 9.17) is 0 Å². The molecule has 0 spiro atoms. The molecular weight excluding hydrogens is 186 g/mol. The minimum atomic E-state index is -3.12. The number of aryl methyl sites for hydroxylation is 1. The Balaban J connectivity index is 3.20. The van der Waals surface area contributed by atoms with Crippen LogP contribution in [0, 0.1) is 0 Å². The standard InChI is InChI=1S/C9H13NO2S/c1-3-4-8-5-6-10-7-9(8)13(2,11)12/h5-7H,3-4H2,1-2H3. The molecule has 0 saturated carbocycles. The molecule has 0 N–H and O–H groups in total. The number of hydrogen-bond acceptors (Lipinski definition) is 3. The van der Waals surface area contributed by atoms with E-state index in [1.165, 1.54) is 12.5 Å². The van der Waals surface area contributed by atoms with E-state index in [9.17, 15) is 8.42 Å². The van der Waals surface area contributed by atoms with Crippen LogP contribution in [-0.4, -0.2) is 19.7 Å². The molecule has 0 saturated heterocycles. The van der Waals surface area contributed by atoms with E-state index in [0.29, 0.717) is 4.90 Å². The lowest BCUT2D eigenvalue weighted by atomic mass is 10.2. The fraction of sp³-hybridized carbons (Fsp3) is 0.444. The van der Waals surface area contributed by atoms with Crippen LogP contribution in [0.3, 0.4) is 0 Å². The number of pyridine rings is 1. The first-order valence-electron chi connectivity index (χ1n) is 4.18. The van der Waals surface area contributed by atoms with E-state index in [2.05, 4.69) is 4.98 Å². The maximum atomic E-state index is 11.3. The van der Waals surface area contributed by atoms with Crippen molar-refractivity contribution >= 4 is 9.84 Å². The van der Waals surface area contributed by atoms with Gasteiger partial charge in [0.25, 0.3) is 0 Å². The quantitative estimate of drug-likeness (QED) is 0.740. The van der Waals surface area contributed by atoms with Crippen molar-refractivity contribution in [3.63, 3.8) is 0 Å². The lowest BCUT2D eigenvalue weighted by molar-refractivity contribution is 0.600. The van der Waals surface area contributed by atoms with Gasteiger partial charge in [-0.1, -0.05) is 13.3 Å². The molecule has 0 atom stereocenters. The summed E-state index contributed by atoms with van der Waals surface area (Å²) in [6.45, 7) is 2.02. The van der Waals surface area contributed by atoms with Crippen molar-refractivity contribution < 1.29 is 8.42 Å². The Morgan fingerprint density at radius 3 is 2.69 bits per heavy atom. The fourth-order valence-electron chi connectivity index (χ4n) is 1.22. The van der Waals surface area contributed by atoms with E-state index >= 15 is 0 Å². The Kier molecular flexibility index (Phi) is 3.03. The predicted molar refractivity (Wildman–Crippen MR) is 51.3 cm³/mol. The van der Waals surface area contributed by atoms with Gasteiger partial charge in [0.15, 0.2) is 9.84 Å². The molecule has 1 aromatic heterocycles. The van der Waals surface area contributed by atoms with Crippen LogP contribution in [0.2, 0.25) is 0 Å². The van der Waals surface area contributed by atoms with Gasteiger partial charge >= 0.3 is 0 Å². The lowest BCUT2D eigenvalue weighted by Crippen LogP contribution is -2.02. The first-order valence-corrected chi connectivity index (χ1v) is 6.07. The summed E-state index contributed by atoms with van der Waals surface area (Å²) in [7, 11) is -3.12. The molecule has 0 amide bonds. The van der Waals surface area contributed by atoms with Crippen molar-refractivity contribution in [3.8, 4) is 0 Å². The molecule has 72 valence electrons. The summed E-state index contributed by atoms with van der Waals surface area (Å²) in [4.78, 5) is 4.17. The molecule has 1 aromatic rings. The van der Waals surface area contributed by atoms with Crippen molar-refractivity contribution in [2.75, 3.05) is 6.26 Å². The van der Waals surface area contributed by atoms with Crippen molar-refractivity contribution in [2.45, 2.75) is 24.7 Å². The first kappa shape index (κ1) is 10.2. The van der Waals surface area contributed by atoms with Crippen molar-refractivity contribution in [1.82, 2.24) is 4.98 Å². The molecule has 0 bridgehead atoms. The lowest BCUT2D eigenvalue weighted by Gasteiger charge is -2.04. The average molecular weight is 199 g/mol. The molecule has 1 rings (SSSR count). The van der Waals surface area contributed by atoms with Crippen molar-refractivity contribution in [3.05, 3.63) is 24.0 Å². The van der Waals surface area contributed by atoms with Crippen LogP contribution in [0.1, 0.15) is 18.9 Å². The zero-order valence-corrected chi connectivity index (χ0v) is 8.63. The van der Waals surface area contributed by atoms with Crippen molar-refractivity contribution in [1.29, 1.82) is 0 Å². The third-order valence-corrected chi connectivity index (χ3v) is 2.96. The summed E-state index contributed by atoms with van der Waals surface area (Å²) < 4.78 is 22.6. The molecular formula is C9H13NO2S. The molecule has 0 unspecified atom stereocenters. The first-order chi connectivity index (χ1) is 6.05. The van der Waals surface area contributed by atoms with Crippen molar-refractivity contribution in [2.24, 2.45) is 0 Å². The number of aromatic nitrogens is 1. The third kappa shape index (κ3) is 2.52. The molecule has 0 aromatic carbocycles. The Bertz CT molecular complexity index is 384. The zero-order chi connectivity index (χ0) is 9.90. The van der Waals surface area contributed by atoms with Crippen LogP contribution < -0.4 is 0 Å². The van der Waals surface area contributed by atoms with Crippen LogP contribution >= 0.6 is 0 Å². The Morgan fingerprint density at radius 1 is 1.46 bits per heavy atom. The van der Waals surface area contributed by atoms with Gasteiger partial charge in [-0.25, -0.2) is 8.42 Å². The van der Waals surface area contributed by atoms with Gasteiger partial charge in [-0.05, 0) is 18.1 Å². The van der Waals surface area contributed by atoms with Gasteiger partial charge in [0.05, 0.1) is 4.90 Å². The maximum absolute atomic E-state index is 11.3. The molecule has 0 aliphatic heterocycles. The second-order valence-electron chi connectivity index (χ2n) is 3.01. The highest BCUT2D eigenvalue weighted by molar-refractivity contribution is 7.90. The van der Waals surface area contributed by atoms with Gasteiger partial charge in [0, 0.05) is 18.6 Å². The molecule has 0 aliphatic rings. The van der Waals surface area contributed by atoms with E-state index < -0.39 is 9.84 Å². The highest BCUT2D eigenvalue weighted by Gasteiger charge is 2.11. The molecule has 0 fully saturated rings. The van der Waals surface area contributed by atoms with Gasteiger partial charge in [0.2, 0.25) is 0 Å². The van der Waals surface area contributed by atoms with Gasteiger partial charge < -0.3 is 0 Å². The second kappa shape index (κ2) is 3.87. The fourth-order valence-corrected chi connectivity index (χ4v) is 2.12. The van der Waals surface area contributed by atoms with Crippen LogP contribution in [0.5, 0.6) is 0 Å². The van der Waals surface area contributed by atoms with Gasteiger partial charge in [0.1, 0.15) is 0 Å². The number of rotatable bonds is 3. The van der Waals surface area contributed by atoms with Gasteiger partial charge in [-0.2, -0.15) is 0 Å². The smallest absolute Gasteiger partial charge is 0.177 e. The van der Waals surface area contributed by atoms with E-state index in [1.807, 2.05) is 6.92 Å². The topological polar surface area (TPSA) is 47.0 Å². The summed E-state index contributed by atoms with van der Waals surface area (Å²) in [5, 5.41) is 0. The SMILES string of the molecule is CCCc1ccncc1S(C)(=O)=O. The van der Waals surface area contributed by atoms with Gasteiger partial charge in [-0.3, -0.25) is 4.98 Å². The Hall–Kier alpha value is -0.900. The summed E-state index contributed by atoms with van der Waals surface area (Å²) in [5.41, 5.74) is 0.861. The second-order valence-corrected chi connectivity index (χ2v) is 4.99. The van der Waals surface area contributed by atoms with Crippen LogP contribution in [0.4, 0.5) is 0 Å². The predicted octanol–water partition coefficient (Wildman–Crippen LogP) is 1.44. The number of sulfone groups is 1. The Labute approximate surface area is 78.7 Å². The molecule has 13 heavy (non-hydrogen) atoms. The molecule has 4 heteroatoms. The molecule has 1 heterocycles. The number of hydrogen-bond donors (Lipinski definition) is 0. The van der Waals surface area contributed by atoms with Gasteiger partial charge in [-0.15, -0.1) is 0 Å². The normalized spacial score (nSPS) is 11.5.